The van der Waals surface area contributed by atoms with Crippen LogP contribution in [0.4, 0.5) is 5.69 Å². The van der Waals surface area contributed by atoms with Gasteiger partial charge in [0, 0.05) is 17.2 Å². The van der Waals surface area contributed by atoms with E-state index in [4.69, 9.17) is 4.99 Å². The highest BCUT2D eigenvalue weighted by Crippen LogP contribution is 2.61. The van der Waals surface area contributed by atoms with Gasteiger partial charge in [0.15, 0.2) is 0 Å². The van der Waals surface area contributed by atoms with Gasteiger partial charge in [0.2, 0.25) is 0 Å². The largest absolute Gasteiger partial charge is 0.299 e. The molecule has 22 heavy (non-hydrogen) atoms. The number of fused-ring (bicyclic) bond motifs is 1. The molecule has 114 valence electrons. The molecule has 1 aromatic rings. The molecule has 5 rings (SSSR count). The molecular weight excluding hydrogens is 272 g/mol. The molecule has 3 fully saturated rings. The molecular formula is C19H22N2O. The molecule has 2 saturated heterocycles. The van der Waals surface area contributed by atoms with Crippen LogP contribution < -0.4 is 0 Å². The van der Waals surface area contributed by atoms with Gasteiger partial charge < -0.3 is 0 Å². The first-order valence-electron chi connectivity index (χ1n) is 8.61. The van der Waals surface area contributed by atoms with Crippen molar-refractivity contribution in [3.05, 3.63) is 29.8 Å². The summed E-state index contributed by atoms with van der Waals surface area (Å²) in [4.78, 5) is 20.3. The van der Waals surface area contributed by atoms with Gasteiger partial charge in [-0.1, -0.05) is 18.2 Å². The minimum atomic E-state index is -0.134. The summed E-state index contributed by atoms with van der Waals surface area (Å²) in [6.45, 7) is 4.10. The average molecular weight is 294 g/mol. The molecule has 4 aliphatic rings. The monoisotopic (exact) mass is 294 g/mol. The van der Waals surface area contributed by atoms with E-state index < -0.39 is 0 Å². The van der Waals surface area contributed by atoms with Crippen LogP contribution in [-0.4, -0.2) is 35.5 Å². The second kappa shape index (κ2) is 4.08. The van der Waals surface area contributed by atoms with Gasteiger partial charge in [-0.2, -0.15) is 0 Å². The number of benzene rings is 1. The summed E-state index contributed by atoms with van der Waals surface area (Å²) in [5.74, 6) is 0.409. The third-order valence-corrected chi connectivity index (χ3v) is 6.88. The molecule has 0 radical (unpaired) electrons. The van der Waals surface area contributed by atoms with Crippen molar-refractivity contribution in [1.29, 1.82) is 0 Å². The maximum atomic E-state index is 12.7. The molecule has 3 heteroatoms. The zero-order valence-corrected chi connectivity index (χ0v) is 13.1. The van der Waals surface area contributed by atoms with Gasteiger partial charge in [-0.3, -0.25) is 14.7 Å². The van der Waals surface area contributed by atoms with Crippen LogP contribution in [0.25, 0.3) is 0 Å². The minimum absolute atomic E-state index is 0.0287. The molecule has 0 N–H and O–H groups in total. The number of aliphatic imine (C=N–C) groups is 1. The van der Waals surface area contributed by atoms with E-state index >= 15 is 0 Å². The van der Waals surface area contributed by atoms with Crippen LogP contribution in [0.5, 0.6) is 0 Å². The fraction of sp³-hybridized carbons (Fsp3) is 0.579. The number of para-hydroxylation sites is 1. The van der Waals surface area contributed by atoms with E-state index in [9.17, 15) is 4.79 Å². The Labute approximate surface area is 131 Å². The van der Waals surface area contributed by atoms with Crippen molar-refractivity contribution >= 4 is 17.2 Å². The molecule has 0 amide bonds. The van der Waals surface area contributed by atoms with E-state index in [0.717, 1.165) is 44.5 Å². The Morgan fingerprint density at radius 3 is 2.95 bits per heavy atom. The number of carbonyl (C=O) groups excluding carboxylic acids is 1. The maximum Gasteiger partial charge on any atom is 0.137 e. The van der Waals surface area contributed by atoms with Gasteiger partial charge in [0.25, 0.3) is 0 Å². The smallest absolute Gasteiger partial charge is 0.137 e. The van der Waals surface area contributed by atoms with Gasteiger partial charge in [-0.25, -0.2) is 0 Å². The highest BCUT2D eigenvalue weighted by Gasteiger charge is 2.66. The van der Waals surface area contributed by atoms with Crippen molar-refractivity contribution < 1.29 is 4.79 Å². The molecule has 3 nitrogen and oxygen atoms in total. The molecule has 3 atom stereocenters. The SMILES string of the molecule is CC(=O)C12CCCN3CCC4(C(=Nc5ccccc54)CC1)C32. The minimum Gasteiger partial charge on any atom is -0.299 e. The van der Waals surface area contributed by atoms with Gasteiger partial charge in [0.05, 0.1) is 11.1 Å². The summed E-state index contributed by atoms with van der Waals surface area (Å²) >= 11 is 0. The van der Waals surface area contributed by atoms with Crippen molar-refractivity contribution in [2.24, 2.45) is 10.4 Å². The number of ketones is 1. The molecule has 1 aromatic carbocycles. The number of nitrogens with zero attached hydrogens (tertiary/aromatic N) is 2. The summed E-state index contributed by atoms with van der Waals surface area (Å²) < 4.78 is 0. The van der Waals surface area contributed by atoms with E-state index in [0.29, 0.717) is 11.8 Å². The van der Waals surface area contributed by atoms with Gasteiger partial charge in [0.1, 0.15) is 5.78 Å². The highest BCUT2D eigenvalue weighted by atomic mass is 16.1. The number of rotatable bonds is 1. The third-order valence-electron chi connectivity index (χ3n) is 6.88. The lowest BCUT2D eigenvalue weighted by molar-refractivity contribution is -0.135. The van der Waals surface area contributed by atoms with Crippen LogP contribution >= 0.6 is 0 Å². The Morgan fingerprint density at radius 2 is 2.09 bits per heavy atom. The molecule has 1 aliphatic carbocycles. The number of hydrogen-bond acceptors (Lipinski definition) is 3. The zero-order valence-electron chi connectivity index (χ0n) is 13.1. The van der Waals surface area contributed by atoms with Crippen LogP contribution in [0.2, 0.25) is 0 Å². The lowest BCUT2D eigenvalue weighted by Crippen LogP contribution is -2.64. The second-order valence-corrected chi connectivity index (χ2v) is 7.55. The molecule has 0 bridgehead atoms. The third kappa shape index (κ3) is 1.28. The van der Waals surface area contributed by atoms with Crippen molar-refractivity contribution in [2.45, 2.75) is 50.5 Å². The fourth-order valence-electron chi connectivity index (χ4n) is 6.05. The van der Waals surface area contributed by atoms with Crippen LogP contribution in [0.3, 0.4) is 0 Å². The van der Waals surface area contributed by atoms with Crippen molar-refractivity contribution in [3.63, 3.8) is 0 Å². The van der Waals surface area contributed by atoms with E-state index in [1.807, 2.05) is 6.92 Å². The van der Waals surface area contributed by atoms with Gasteiger partial charge in [-0.15, -0.1) is 0 Å². The summed E-state index contributed by atoms with van der Waals surface area (Å²) in [5.41, 5.74) is 3.81. The van der Waals surface area contributed by atoms with E-state index in [1.54, 1.807) is 0 Å². The molecule has 1 spiro atoms. The fourth-order valence-corrected chi connectivity index (χ4v) is 6.05. The highest BCUT2D eigenvalue weighted by molar-refractivity contribution is 6.05. The molecule has 0 aromatic heterocycles. The number of carbonyl (C=O) groups is 1. The number of hydrogen-bond donors (Lipinski definition) is 0. The van der Waals surface area contributed by atoms with Gasteiger partial charge >= 0.3 is 0 Å². The Kier molecular flexibility index (Phi) is 2.41. The van der Waals surface area contributed by atoms with Crippen molar-refractivity contribution in [1.82, 2.24) is 4.90 Å². The lowest BCUT2D eigenvalue weighted by Gasteiger charge is -2.55. The van der Waals surface area contributed by atoms with Crippen molar-refractivity contribution in [3.8, 4) is 0 Å². The van der Waals surface area contributed by atoms with Crippen LogP contribution in [0.15, 0.2) is 29.3 Å². The Morgan fingerprint density at radius 1 is 1.23 bits per heavy atom. The summed E-state index contributed by atoms with van der Waals surface area (Å²) in [7, 11) is 0. The van der Waals surface area contributed by atoms with E-state index in [2.05, 4.69) is 29.2 Å². The lowest BCUT2D eigenvalue weighted by atomic mass is 9.52. The summed E-state index contributed by atoms with van der Waals surface area (Å²) in [6, 6.07) is 8.99. The Hall–Kier alpha value is -1.48. The maximum absolute atomic E-state index is 12.7. The Balaban J connectivity index is 1.77. The average Bonchev–Trinajstić information content (AvgIpc) is 3.08. The van der Waals surface area contributed by atoms with E-state index in [-0.39, 0.29) is 10.8 Å². The predicted molar refractivity (Wildman–Crippen MR) is 86.8 cm³/mol. The molecule has 3 heterocycles. The zero-order chi connectivity index (χ0) is 14.9. The topological polar surface area (TPSA) is 32.7 Å². The van der Waals surface area contributed by atoms with E-state index in [1.165, 1.54) is 17.7 Å². The second-order valence-electron chi connectivity index (χ2n) is 7.55. The first-order chi connectivity index (χ1) is 10.7. The standard InChI is InChI=1S/C19H22N2O/c1-13(22)18-8-4-11-21-12-10-19(17(18)21)14-5-2-3-6-15(14)20-16(19)7-9-18/h2-3,5-6,17H,4,7-12H2,1H3. The van der Waals surface area contributed by atoms with Crippen LogP contribution in [-0.2, 0) is 10.2 Å². The molecule has 3 unspecified atom stereocenters. The quantitative estimate of drug-likeness (QED) is 0.796. The predicted octanol–water partition coefficient (Wildman–Crippen LogP) is 3.25. The van der Waals surface area contributed by atoms with Crippen molar-refractivity contribution in [2.75, 3.05) is 13.1 Å². The number of piperidine rings is 1. The summed E-state index contributed by atoms with van der Waals surface area (Å²) in [6.07, 6.45) is 5.38. The first kappa shape index (κ1) is 13.0. The first-order valence-corrected chi connectivity index (χ1v) is 8.61. The van der Waals surface area contributed by atoms with Crippen LogP contribution in [0.1, 0.15) is 44.6 Å². The number of Topliss-reactive ketones (excluding diaryl/α,β-unsaturated/α-hetero) is 1. The molecule has 1 saturated carbocycles. The van der Waals surface area contributed by atoms with Crippen LogP contribution in [0, 0.1) is 5.41 Å². The van der Waals surface area contributed by atoms with Gasteiger partial charge in [-0.05, 0) is 63.7 Å². The summed E-state index contributed by atoms with van der Waals surface area (Å²) in [5, 5.41) is 0. The Bertz CT molecular complexity index is 709. The normalized spacial score (nSPS) is 39.0. The molecule has 3 aliphatic heterocycles.